The van der Waals surface area contributed by atoms with Crippen molar-refractivity contribution in [1.82, 2.24) is 10.2 Å². The van der Waals surface area contributed by atoms with Crippen LogP contribution in [0.4, 0.5) is 0 Å². The summed E-state index contributed by atoms with van der Waals surface area (Å²) < 4.78 is 0. The highest BCUT2D eigenvalue weighted by atomic mass is 16.3. The standard InChI is InChI=1S/C9H17N3O/c1-12(4-2-3-10)7-8-5-9(13)6-11-8/h8-9,11,13H,2,4-7H2,1H3. The lowest BCUT2D eigenvalue weighted by atomic mass is 10.2. The van der Waals surface area contributed by atoms with Gasteiger partial charge >= 0.3 is 0 Å². The topological polar surface area (TPSA) is 59.3 Å². The Bertz CT molecular complexity index is 190. The van der Waals surface area contributed by atoms with Crippen LogP contribution in [0.15, 0.2) is 0 Å². The first-order chi connectivity index (χ1) is 6.22. The van der Waals surface area contributed by atoms with Crippen molar-refractivity contribution in [3.8, 4) is 6.07 Å². The number of nitrogens with zero attached hydrogens (tertiary/aromatic N) is 2. The quantitative estimate of drug-likeness (QED) is 0.620. The van der Waals surface area contributed by atoms with Crippen molar-refractivity contribution in [2.75, 3.05) is 26.7 Å². The lowest BCUT2D eigenvalue weighted by Gasteiger charge is -2.19. The predicted molar refractivity (Wildman–Crippen MR) is 50.1 cm³/mol. The first kappa shape index (κ1) is 10.5. The second-order valence-corrected chi connectivity index (χ2v) is 3.67. The molecule has 0 aromatic rings. The average Bonchev–Trinajstić information content (AvgIpc) is 2.48. The van der Waals surface area contributed by atoms with E-state index in [-0.39, 0.29) is 6.10 Å². The molecular formula is C9H17N3O. The minimum atomic E-state index is -0.186. The van der Waals surface area contributed by atoms with Crippen LogP contribution in [0.25, 0.3) is 0 Å². The minimum absolute atomic E-state index is 0.186. The number of β-amino-alcohol motifs (C(OH)–C–C–N with tert-alkyl or cyclic N) is 1. The highest BCUT2D eigenvalue weighted by Crippen LogP contribution is 2.07. The highest BCUT2D eigenvalue weighted by molar-refractivity contribution is 4.83. The maximum atomic E-state index is 9.26. The molecule has 1 saturated heterocycles. The molecule has 1 rings (SSSR count). The normalized spacial score (nSPS) is 27.8. The Morgan fingerprint density at radius 2 is 2.46 bits per heavy atom. The maximum absolute atomic E-state index is 9.26. The number of nitriles is 1. The van der Waals surface area contributed by atoms with Crippen molar-refractivity contribution in [2.45, 2.75) is 25.0 Å². The van der Waals surface area contributed by atoms with Gasteiger partial charge in [-0.2, -0.15) is 5.26 Å². The molecule has 0 spiro atoms. The molecule has 0 aromatic carbocycles. The fourth-order valence-electron chi connectivity index (χ4n) is 1.65. The summed E-state index contributed by atoms with van der Waals surface area (Å²) in [5.41, 5.74) is 0. The molecule has 74 valence electrons. The van der Waals surface area contributed by atoms with Crippen molar-refractivity contribution >= 4 is 0 Å². The zero-order chi connectivity index (χ0) is 9.68. The SMILES string of the molecule is CN(CCC#N)CC1CC(O)CN1. The first-order valence-corrected chi connectivity index (χ1v) is 4.69. The molecule has 0 amide bonds. The van der Waals surface area contributed by atoms with Crippen LogP contribution in [0.2, 0.25) is 0 Å². The molecule has 0 bridgehead atoms. The van der Waals surface area contributed by atoms with E-state index in [0.29, 0.717) is 19.0 Å². The minimum Gasteiger partial charge on any atom is -0.392 e. The number of hydrogen-bond donors (Lipinski definition) is 2. The second-order valence-electron chi connectivity index (χ2n) is 3.67. The van der Waals surface area contributed by atoms with E-state index >= 15 is 0 Å². The Morgan fingerprint density at radius 3 is 3.00 bits per heavy atom. The van der Waals surface area contributed by atoms with Crippen LogP contribution >= 0.6 is 0 Å². The molecule has 2 N–H and O–H groups in total. The molecule has 1 aliphatic rings. The van der Waals surface area contributed by atoms with Gasteiger partial charge in [0.1, 0.15) is 0 Å². The molecule has 4 nitrogen and oxygen atoms in total. The van der Waals surface area contributed by atoms with E-state index < -0.39 is 0 Å². The number of nitrogens with one attached hydrogen (secondary N) is 1. The molecule has 2 atom stereocenters. The van der Waals surface area contributed by atoms with Crippen LogP contribution in [0.3, 0.4) is 0 Å². The van der Waals surface area contributed by atoms with E-state index in [1.165, 1.54) is 0 Å². The Morgan fingerprint density at radius 1 is 1.69 bits per heavy atom. The molecule has 1 heterocycles. The Balaban J connectivity index is 2.14. The fraction of sp³-hybridized carbons (Fsp3) is 0.889. The summed E-state index contributed by atoms with van der Waals surface area (Å²) in [7, 11) is 2.00. The monoisotopic (exact) mass is 183 g/mol. The second kappa shape index (κ2) is 5.18. The summed E-state index contributed by atoms with van der Waals surface area (Å²) in [5.74, 6) is 0. The van der Waals surface area contributed by atoms with Crippen molar-refractivity contribution in [1.29, 1.82) is 5.26 Å². The Kier molecular flexibility index (Phi) is 4.16. The summed E-state index contributed by atoms with van der Waals surface area (Å²) in [5, 5.41) is 20.9. The van der Waals surface area contributed by atoms with Gasteiger partial charge in [-0.25, -0.2) is 0 Å². The van der Waals surface area contributed by atoms with E-state index in [9.17, 15) is 5.11 Å². The van der Waals surface area contributed by atoms with Crippen molar-refractivity contribution in [2.24, 2.45) is 0 Å². The molecule has 1 fully saturated rings. The lowest BCUT2D eigenvalue weighted by molar-refractivity contribution is 0.190. The highest BCUT2D eigenvalue weighted by Gasteiger charge is 2.22. The van der Waals surface area contributed by atoms with Gasteiger partial charge in [-0.3, -0.25) is 0 Å². The van der Waals surface area contributed by atoms with Crippen LogP contribution in [-0.4, -0.2) is 48.8 Å². The Hall–Kier alpha value is -0.630. The molecule has 4 heteroatoms. The summed E-state index contributed by atoms with van der Waals surface area (Å²) in [6.45, 7) is 2.43. The van der Waals surface area contributed by atoms with E-state index in [2.05, 4.69) is 16.3 Å². The van der Waals surface area contributed by atoms with Crippen LogP contribution in [0, 0.1) is 11.3 Å². The molecule has 0 saturated carbocycles. The first-order valence-electron chi connectivity index (χ1n) is 4.69. The van der Waals surface area contributed by atoms with Crippen LogP contribution < -0.4 is 5.32 Å². The van der Waals surface area contributed by atoms with Gasteiger partial charge in [0.05, 0.1) is 12.2 Å². The summed E-state index contributed by atoms with van der Waals surface area (Å²) in [6.07, 6.45) is 1.22. The van der Waals surface area contributed by atoms with Gasteiger partial charge in [0, 0.05) is 32.1 Å². The van der Waals surface area contributed by atoms with Crippen molar-refractivity contribution in [3.05, 3.63) is 0 Å². The van der Waals surface area contributed by atoms with Crippen LogP contribution in [-0.2, 0) is 0 Å². The largest absolute Gasteiger partial charge is 0.392 e. The van der Waals surface area contributed by atoms with Crippen LogP contribution in [0.5, 0.6) is 0 Å². The van der Waals surface area contributed by atoms with Crippen LogP contribution in [0.1, 0.15) is 12.8 Å². The summed E-state index contributed by atoms with van der Waals surface area (Å²) >= 11 is 0. The van der Waals surface area contributed by atoms with E-state index in [1.54, 1.807) is 0 Å². The third kappa shape index (κ3) is 3.73. The third-order valence-corrected chi connectivity index (χ3v) is 2.34. The molecule has 0 aliphatic carbocycles. The van der Waals surface area contributed by atoms with Gasteiger partial charge in [0.15, 0.2) is 0 Å². The number of rotatable bonds is 4. The van der Waals surface area contributed by atoms with E-state index in [0.717, 1.165) is 19.5 Å². The number of hydrogen-bond acceptors (Lipinski definition) is 4. The van der Waals surface area contributed by atoms with Gasteiger partial charge in [-0.15, -0.1) is 0 Å². The summed E-state index contributed by atoms with van der Waals surface area (Å²) in [4.78, 5) is 2.12. The molecule has 0 radical (unpaired) electrons. The average molecular weight is 183 g/mol. The van der Waals surface area contributed by atoms with Gasteiger partial charge in [0.25, 0.3) is 0 Å². The number of likely N-dealkylation sites (N-methyl/N-ethyl adjacent to an activating group) is 1. The van der Waals surface area contributed by atoms with E-state index in [4.69, 9.17) is 5.26 Å². The number of aliphatic hydroxyl groups is 1. The fourth-order valence-corrected chi connectivity index (χ4v) is 1.65. The van der Waals surface area contributed by atoms with Gasteiger partial charge in [-0.1, -0.05) is 0 Å². The summed E-state index contributed by atoms with van der Waals surface area (Å²) in [6, 6.07) is 2.51. The van der Waals surface area contributed by atoms with Gasteiger partial charge in [-0.05, 0) is 13.5 Å². The van der Waals surface area contributed by atoms with Crippen molar-refractivity contribution < 1.29 is 5.11 Å². The van der Waals surface area contributed by atoms with Gasteiger partial charge < -0.3 is 15.3 Å². The Labute approximate surface area is 79.1 Å². The number of aliphatic hydroxyl groups excluding tert-OH is 1. The molecule has 0 aromatic heterocycles. The lowest BCUT2D eigenvalue weighted by Crippen LogP contribution is -2.35. The van der Waals surface area contributed by atoms with Gasteiger partial charge in [0.2, 0.25) is 0 Å². The zero-order valence-corrected chi connectivity index (χ0v) is 8.03. The molecule has 1 aliphatic heterocycles. The smallest absolute Gasteiger partial charge is 0.0680 e. The molecular weight excluding hydrogens is 166 g/mol. The maximum Gasteiger partial charge on any atom is 0.0680 e. The zero-order valence-electron chi connectivity index (χ0n) is 8.03. The molecule has 13 heavy (non-hydrogen) atoms. The van der Waals surface area contributed by atoms with Crippen molar-refractivity contribution in [3.63, 3.8) is 0 Å². The van der Waals surface area contributed by atoms with E-state index in [1.807, 2.05) is 7.05 Å². The third-order valence-electron chi connectivity index (χ3n) is 2.34. The molecule has 2 unspecified atom stereocenters. The predicted octanol–water partition coefficient (Wildman–Crippen LogP) is -0.445.